The Hall–Kier alpha value is -0.200. The van der Waals surface area contributed by atoms with Crippen LogP contribution in [0.3, 0.4) is 0 Å². The Morgan fingerprint density at radius 1 is 0.939 bits per heavy atom. The van der Waals surface area contributed by atoms with Gasteiger partial charge in [0.1, 0.15) is 0 Å². The highest BCUT2D eigenvalue weighted by Crippen LogP contribution is 2.50. The maximum atomic E-state index is 11.9. The molecule has 5 nitrogen and oxygen atoms in total. The molecule has 0 aromatic carbocycles. The van der Waals surface area contributed by atoms with Crippen molar-refractivity contribution < 1.29 is 24.8 Å². The molecule has 0 bridgehead atoms. The van der Waals surface area contributed by atoms with Crippen molar-refractivity contribution in [3.8, 4) is 0 Å². The summed E-state index contributed by atoms with van der Waals surface area (Å²) >= 11 is 0. The van der Waals surface area contributed by atoms with Crippen LogP contribution in [0.25, 0.3) is 0 Å². The maximum Gasteiger partial charge on any atom is 0.0942 e. The summed E-state index contributed by atoms with van der Waals surface area (Å²) in [6, 6.07) is 0. The molecule has 7 unspecified atom stereocenters. The Balaban J connectivity index is 1.72. The van der Waals surface area contributed by atoms with Crippen molar-refractivity contribution >= 4 is 0 Å². The van der Waals surface area contributed by atoms with Crippen molar-refractivity contribution in [2.45, 2.75) is 110 Å². The van der Waals surface area contributed by atoms with Crippen LogP contribution >= 0.6 is 0 Å². The van der Waals surface area contributed by atoms with E-state index in [1.807, 2.05) is 13.8 Å². The first-order chi connectivity index (χ1) is 15.6. The normalized spacial score (nSPS) is 43.7. The summed E-state index contributed by atoms with van der Waals surface area (Å²) in [5, 5.41) is 34.7. The Morgan fingerprint density at radius 3 is 2.33 bits per heavy atom. The largest absolute Gasteiger partial charge is 0.390 e. The van der Waals surface area contributed by atoms with Crippen molar-refractivity contribution in [3.63, 3.8) is 0 Å². The van der Waals surface area contributed by atoms with Crippen LogP contribution in [0.2, 0.25) is 0 Å². The first-order valence-corrected chi connectivity index (χ1v) is 13.9. The van der Waals surface area contributed by atoms with E-state index in [0.29, 0.717) is 36.9 Å². The van der Waals surface area contributed by atoms with Gasteiger partial charge < -0.3 is 24.8 Å². The number of fused-ring (bicyclic) bond motifs is 1. The predicted molar refractivity (Wildman–Crippen MR) is 132 cm³/mol. The van der Waals surface area contributed by atoms with Gasteiger partial charge in [-0.3, -0.25) is 0 Å². The minimum atomic E-state index is -0.927. The molecule has 3 aliphatic rings. The van der Waals surface area contributed by atoms with Crippen LogP contribution in [0.4, 0.5) is 0 Å². The van der Waals surface area contributed by atoms with E-state index in [4.69, 9.17) is 9.47 Å². The summed E-state index contributed by atoms with van der Waals surface area (Å²) in [5.41, 5.74) is -0.927. The Bertz CT molecular complexity index is 599. The number of rotatable bonds is 8. The number of aliphatic hydroxyl groups excluding tert-OH is 2. The molecular formula is C28H52O5. The second-order valence-corrected chi connectivity index (χ2v) is 12.2. The van der Waals surface area contributed by atoms with Gasteiger partial charge in [0, 0.05) is 13.2 Å². The first-order valence-electron chi connectivity index (χ1n) is 13.9. The molecule has 0 aromatic rings. The molecule has 3 fully saturated rings. The molecule has 0 amide bonds. The van der Waals surface area contributed by atoms with Crippen molar-refractivity contribution in [2.75, 3.05) is 19.8 Å². The molecule has 1 aliphatic heterocycles. The highest BCUT2D eigenvalue weighted by Gasteiger charge is 2.54. The fourth-order valence-corrected chi connectivity index (χ4v) is 7.69. The highest BCUT2D eigenvalue weighted by molar-refractivity contribution is 5.03. The van der Waals surface area contributed by atoms with Crippen molar-refractivity contribution in [2.24, 2.45) is 47.3 Å². The lowest BCUT2D eigenvalue weighted by molar-refractivity contribution is -0.182. The minimum Gasteiger partial charge on any atom is -0.390 e. The monoisotopic (exact) mass is 468 g/mol. The summed E-state index contributed by atoms with van der Waals surface area (Å²) in [6.45, 7) is 14.6. The van der Waals surface area contributed by atoms with Crippen LogP contribution in [0.15, 0.2) is 0 Å². The molecule has 2 aliphatic carbocycles. The van der Waals surface area contributed by atoms with E-state index in [-0.39, 0.29) is 29.8 Å². The average molecular weight is 469 g/mol. The highest BCUT2D eigenvalue weighted by atomic mass is 16.5. The Kier molecular flexibility index (Phi) is 9.70. The van der Waals surface area contributed by atoms with Gasteiger partial charge in [0.25, 0.3) is 0 Å². The summed E-state index contributed by atoms with van der Waals surface area (Å²) in [5.74, 6) is 1.87. The molecule has 5 heteroatoms. The molecule has 33 heavy (non-hydrogen) atoms. The molecule has 12 atom stereocenters. The molecule has 2 saturated carbocycles. The van der Waals surface area contributed by atoms with E-state index < -0.39 is 17.8 Å². The van der Waals surface area contributed by atoms with Gasteiger partial charge in [-0.1, -0.05) is 34.1 Å². The fourth-order valence-electron chi connectivity index (χ4n) is 7.69. The number of hydrogen-bond donors (Lipinski definition) is 3. The average Bonchev–Trinajstić information content (AvgIpc) is 2.95. The number of ether oxygens (including phenoxy) is 2. The van der Waals surface area contributed by atoms with E-state index in [2.05, 4.69) is 27.7 Å². The van der Waals surface area contributed by atoms with Gasteiger partial charge in [-0.05, 0) is 99.7 Å². The summed E-state index contributed by atoms with van der Waals surface area (Å²) < 4.78 is 11.8. The topological polar surface area (TPSA) is 79.2 Å². The maximum absolute atomic E-state index is 11.9. The number of aliphatic hydroxyl groups is 3. The van der Waals surface area contributed by atoms with Crippen LogP contribution < -0.4 is 0 Å². The SMILES string of the molecule is CCOCC1C[C@H](C)CC[C@H]1C(C)C(O)C(O)C(C)[C@@H]1CC[C@@H](C)C2CCC(C)OC[C@@]21O. The van der Waals surface area contributed by atoms with Gasteiger partial charge >= 0.3 is 0 Å². The third kappa shape index (κ3) is 5.97. The Labute approximate surface area is 202 Å². The third-order valence-corrected chi connectivity index (χ3v) is 9.96. The van der Waals surface area contributed by atoms with Crippen LogP contribution in [0.5, 0.6) is 0 Å². The number of hydrogen-bond acceptors (Lipinski definition) is 5. The summed E-state index contributed by atoms with van der Waals surface area (Å²) in [6.07, 6.45) is 5.78. The van der Waals surface area contributed by atoms with Gasteiger partial charge in [-0.25, -0.2) is 0 Å². The van der Waals surface area contributed by atoms with Crippen molar-refractivity contribution in [1.29, 1.82) is 0 Å². The summed E-state index contributed by atoms with van der Waals surface area (Å²) in [4.78, 5) is 0. The molecule has 1 saturated heterocycles. The smallest absolute Gasteiger partial charge is 0.0942 e. The predicted octanol–water partition coefficient (Wildman–Crippen LogP) is 4.66. The van der Waals surface area contributed by atoms with E-state index in [1.54, 1.807) is 0 Å². The summed E-state index contributed by atoms with van der Waals surface area (Å²) in [7, 11) is 0. The second kappa shape index (κ2) is 11.7. The van der Waals surface area contributed by atoms with Gasteiger partial charge in [0.2, 0.25) is 0 Å². The van der Waals surface area contributed by atoms with E-state index in [1.165, 1.54) is 6.42 Å². The van der Waals surface area contributed by atoms with Gasteiger partial charge in [-0.2, -0.15) is 0 Å². The van der Waals surface area contributed by atoms with E-state index in [0.717, 1.165) is 45.1 Å². The molecule has 1 heterocycles. The fraction of sp³-hybridized carbons (Fsp3) is 1.00. The molecular weight excluding hydrogens is 416 g/mol. The quantitative estimate of drug-likeness (QED) is 0.483. The lowest BCUT2D eigenvalue weighted by Gasteiger charge is -2.51. The van der Waals surface area contributed by atoms with Crippen LogP contribution in [-0.2, 0) is 9.47 Å². The minimum absolute atomic E-state index is 0.00114. The molecule has 3 N–H and O–H groups in total. The second-order valence-electron chi connectivity index (χ2n) is 12.2. The lowest BCUT2D eigenvalue weighted by atomic mass is 9.58. The Morgan fingerprint density at radius 2 is 1.64 bits per heavy atom. The molecule has 0 spiro atoms. The van der Waals surface area contributed by atoms with Gasteiger partial charge in [0.05, 0.1) is 30.5 Å². The van der Waals surface area contributed by atoms with E-state index >= 15 is 0 Å². The first kappa shape index (κ1) is 27.4. The van der Waals surface area contributed by atoms with Crippen molar-refractivity contribution in [1.82, 2.24) is 0 Å². The zero-order valence-corrected chi connectivity index (χ0v) is 22.1. The van der Waals surface area contributed by atoms with Gasteiger partial charge in [0.15, 0.2) is 0 Å². The lowest BCUT2D eigenvalue weighted by Crippen LogP contribution is -2.58. The standard InChI is InChI=1S/C28H52O5/c1-7-32-15-22-14-17(2)8-11-23(22)20(5)26(29)27(30)21(6)25-12-9-18(3)24-13-10-19(4)33-16-28(24,25)31/h17-27,29-31H,7-16H2,1-6H3/t17-,18-,19?,20?,21?,22?,23+,24?,25+,26?,27?,28-/m1/s1. The van der Waals surface area contributed by atoms with Crippen LogP contribution in [-0.4, -0.2) is 59.1 Å². The van der Waals surface area contributed by atoms with E-state index in [9.17, 15) is 15.3 Å². The van der Waals surface area contributed by atoms with Gasteiger partial charge in [-0.15, -0.1) is 0 Å². The molecule has 0 aromatic heterocycles. The molecule has 3 rings (SSSR count). The molecule has 0 radical (unpaired) electrons. The molecule has 194 valence electrons. The van der Waals surface area contributed by atoms with Crippen LogP contribution in [0, 0.1) is 47.3 Å². The zero-order chi connectivity index (χ0) is 24.3. The van der Waals surface area contributed by atoms with Crippen molar-refractivity contribution in [3.05, 3.63) is 0 Å². The zero-order valence-electron chi connectivity index (χ0n) is 22.1. The van der Waals surface area contributed by atoms with Crippen LogP contribution in [0.1, 0.15) is 86.5 Å². The third-order valence-electron chi connectivity index (χ3n) is 9.96.